The van der Waals surface area contributed by atoms with E-state index in [1.54, 1.807) is 0 Å². The van der Waals surface area contributed by atoms with Crippen molar-refractivity contribution >= 4 is 11.4 Å². The summed E-state index contributed by atoms with van der Waals surface area (Å²) >= 11 is 0. The Morgan fingerprint density at radius 3 is 2.81 bits per heavy atom. The van der Waals surface area contributed by atoms with Crippen molar-refractivity contribution in [2.45, 2.75) is 12.8 Å². The Kier molecular flexibility index (Phi) is 2.37. The van der Waals surface area contributed by atoms with E-state index in [1.807, 2.05) is 6.07 Å². The summed E-state index contributed by atoms with van der Waals surface area (Å²) in [5.41, 5.74) is 4.04. The Balaban J connectivity index is 2.05. The molecule has 2 aromatic carbocycles. The molecule has 1 heteroatoms. The molecule has 2 aromatic rings. The third kappa shape index (κ3) is 1.58. The average Bonchev–Trinajstić information content (AvgIpc) is 2.39. The molecule has 0 atom stereocenters. The lowest BCUT2D eigenvalue weighted by atomic mass is 10.0. The van der Waals surface area contributed by atoms with Crippen molar-refractivity contribution in [1.82, 2.24) is 0 Å². The molecular formula is C15H14N. The zero-order chi connectivity index (χ0) is 10.8. The normalized spacial score (nSPS) is 14.6. The maximum absolute atomic E-state index is 3.17. The molecule has 3 rings (SSSR count). The van der Waals surface area contributed by atoms with E-state index in [1.165, 1.54) is 29.8 Å². The molecule has 79 valence electrons. The number of hydrogen-bond acceptors (Lipinski definition) is 1. The first-order valence-corrected chi connectivity index (χ1v) is 5.77. The molecule has 0 aromatic heterocycles. The molecule has 0 unspecified atom stereocenters. The maximum atomic E-state index is 3.17. The van der Waals surface area contributed by atoms with Crippen molar-refractivity contribution in [3.05, 3.63) is 60.2 Å². The summed E-state index contributed by atoms with van der Waals surface area (Å²) in [7, 11) is 0. The summed E-state index contributed by atoms with van der Waals surface area (Å²) in [5, 5.41) is 0. The van der Waals surface area contributed by atoms with E-state index in [0.29, 0.717) is 0 Å². The van der Waals surface area contributed by atoms with Crippen molar-refractivity contribution in [3.63, 3.8) is 0 Å². The Labute approximate surface area is 96.3 Å². The summed E-state index contributed by atoms with van der Waals surface area (Å²) in [6.07, 6.45) is 2.40. The molecule has 0 spiro atoms. The first-order valence-electron chi connectivity index (χ1n) is 5.77. The molecule has 0 aliphatic carbocycles. The van der Waals surface area contributed by atoms with Crippen molar-refractivity contribution in [2.75, 3.05) is 11.4 Å². The highest BCUT2D eigenvalue weighted by Gasteiger charge is 2.16. The number of benzene rings is 2. The average molecular weight is 208 g/mol. The number of hydrogen-bond donors (Lipinski definition) is 0. The van der Waals surface area contributed by atoms with E-state index in [4.69, 9.17) is 0 Å². The van der Waals surface area contributed by atoms with Crippen molar-refractivity contribution in [1.29, 1.82) is 0 Å². The Morgan fingerprint density at radius 2 is 1.94 bits per heavy atom. The number of para-hydroxylation sites is 1. The lowest BCUT2D eigenvalue weighted by Crippen LogP contribution is -2.24. The molecule has 1 aliphatic rings. The zero-order valence-corrected chi connectivity index (χ0v) is 9.19. The van der Waals surface area contributed by atoms with Crippen molar-refractivity contribution < 1.29 is 0 Å². The lowest BCUT2D eigenvalue weighted by Gasteiger charge is -2.31. The van der Waals surface area contributed by atoms with Gasteiger partial charge in [-0.25, -0.2) is 0 Å². The predicted octanol–water partition coefficient (Wildman–Crippen LogP) is 3.57. The highest BCUT2D eigenvalue weighted by molar-refractivity contribution is 5.67. The lowest BCUT2D eigenvalue weighted by molar-refractivity contribution is 0.767. The number of fused-ring (bicyclic) bond motifs is 1. The van der Waals surface area contributed by atoms with Gasteiger partial charge in [0.2, 0.25) is 0 Å². The van der Waals surface area contributed by atoms with Crippen LogP contribution in [0, 0.1) is 6.07 Å². The number of nitrogens with zero attached hydrogens (tertiary/aromatic N) is 1. The van der Waals surface area contributed by atoms with E-state index in [-0.39, 0.29) is 0 Å². The largest absolute Gasteiger partial charge is 0.341 e. The third-order valence-corrected chi connectivity index (χ3v) is 3.11. The van der Waals surface area contributed by atoms with Crippen LogP contribution in [0.2, 0.25) is 0 Å². The van der Waals surface area contributed by atoms with Crippen LogP contribution in [0.5, 0.6) is 0 Å². The monoisotopic (exact) mass is 208 g/mol. The molecule has 0 fully saturated rings. The molecule has 1 heterocycles. The Morgan fingerprint density at radius 1 is 1.06 bits per heavy atom. The molecule has 1 radical (unpaired) electrons. The fourth-order valence-corrected chi connectivity index (χ4v) is 2.34. The number of rotatable bonds is 1. The smallest absolute Gasteiger partial charge is 0.0443 e. The third-order valence-electron chi connectivity index (χ3n) is 3.11. The predicted molar refractivity (Wildman–Crippen MR) is 67.0 cm³/mol. The molecule has 0 saturated heterocycles. The molecule has 16 heavy (non-hydrogen) atoms. The van der Waals surface area contributed by atoms with E-state index in [9.17, 15) is 0 Å². The maximum Gasteiger partial charge on any atom is 0.0443 e. The molecule has 1 aliphatic heterocycles. The quantitative estimate of drug-likeness (QED) is 0.692. The fourth-order valence-electron chi connectivity index (χ4n) is 2.34. The van der Waals surface area contributed by atoms with Gasteiger partial charge in [0, 0.05) is 17.9 Å². The molecular weight excluding hydrogens is 194 g/mol. The van der Waals surface area contributed by atoms with Gasteiger partial charge in [0.15, 0.2) is 0 Å². The van der Waals surface area contributed by atoms with Crippen molar-refractivity contribution in [2.24, 2.45) is 0 Å². The minimum absolute atomic E-state index is 1.11. The van der Waals surface area contributed by atoms with Crippen molar-refractivity contribution in [3.8, 4) is 0 Å². The van der Waals surface area contributed by atoms with Crippen LogP contribution in [0.1, 0.15) is 12.0 Å². The van der Waals surface area contributed by atoms with Crippen LogP contribution < -0.4 is 4.90 Å². The van der Waals surface area contributed by atoms with Gasteiger partial charge < -0.3 is 4.90 Å². The number of aryl methyl sites for hydroxylation is 1. The van der Waals surface area contributed by atoms with Crippen LogP contribution in [0.3, 0.4) is 0 Å². The molecule has 0 N–H and O–H groups in total. The summed E-state index contributed by atoms with van der Waals surface area (Å²) in [6, 6.07) is 20.0. The van der Waals surface area contributed by atoms with Crippen LogP contribution in [0.15, 0.2) is 48.5 Å². The van der Waals surface area contributed by atoms with Gasteiger partial charge in [0.1, 0.15) is 0 Å². The van der Waals surface area contributed by atoms with Gasteiger partial charge in [-0.2, -0.15) is 0 Å². The standard InChI is InChI=1S/C15H14N/c1-2-9-14(10-3-1)16-12-6-8-13-7-4-5-11-15(13)16/h1-3,5,7,9-11H,6,8,12H2. The molecule has 0 bridgehead atoms. The van der Waals surface area contributed by atoms with Gasteiger partial charge in [-0.05, 0) is 48.7 Å². The van der Waals surface area contributed by atoms with Crippen LogP contribution in [-0.2, 0) is 6.42 Å². The van der Waals surface area contributed by atoms with E-state index in [2.05, 4.69) is 53.4 Å². The minimum Gasteiger partial charge on any atom is -0.341 e. The summed E-state index contributed by atoms with van der Waals surface area (Å²) < 4.78 is 0. The fraction of sp³-hybridized carbons (Fsp3) is 0.200. The van der Waals surface area contributed by atoms with Gasteiger partial charge >= 0.3 is 0 Å². The second kappa shape index (κ2) is 4.01. The molecule has 0 saturated carbocycles. The van der Waals surface area contributed by atoms with Crippen LogP contribution in [0.25, 0.3) is 0 Å². The first kappa shape index (κ1) is 9.46. The highest BCUT2D eigenvalue weighted by Crippen LogP contribution is 2.32. The summed E-state index contributed by atoms with van der Waals surface area (Å²) in [4.78, 5) is 2.40. The van der Waals surface area contributed by atoms with Crippen LogP contribution >= 0.6 is 0 Å². The van der Waals surface area contributed by atoms with E-state index >= 15 is 0 Å². The van der Waals surface area contributed by atoms with E-state index < -0.39 is 0 Å². The molecule has 0 amide bonds. The van der Waals surface area contributed by atoms with Gasteiger partial charge in [0.25, 0.3) is 0 Å². The van der Waals surface area contributed by atoms with Crippen LogP contribution in [0.4, 0.5) is 11.4 Å². The van der Waals surface area contributed by atoms with E-state index in [0.717, 1.165) is 6.54 Å². The first-order chi connectivity index (χ1) is 7.95. The van der Waals surface area contributed by atoms with Crippen LogP contribution in [-0.4, -0.2) is 6.54 Å². The van der Waals surface area contributed by atoms with Gasteiger partial charge in [-0.1, -0.05) is 24.3 Å². The SMILES string of the molecule is [c]1ccc2c(c1)CCCN2c1ccccc1. The van der Waals surface area contributed by atoms with Gasteiger partial charge in [-0.3, -0.25) is 0 Å². The topological polar surface area (TPSA) is 3.24 Å². The second-order valence-electron chi connectivity index (χ2n) is 4.15. The Hall–Kier alpha value is -1.76. The Bertz CT molecular complexity index is 476. The summed E-state index contributed by atoms with van der Waals surface area (Å²) in [6.45, 7) is 1.11. The minimum atomic E-state index is 1.11. The van der Waals surface area contributed by atoms with Gasteiger partial charge in [0.05, 0.1) is 0 Å². The number of anilines is 2. The summed E-state index contributed by atoms with van der Waals surface area (Å²) in [5.74, 6) is 0. The zero-order valence-electron chi connectivity index (χ0n) is 9.19. The highest BCUT2D eigenvalue weighted by atomic mass is 15.1. The molecule has 1 nitrogen and oxygen atoms in total. The second-order valence-corrected chi connectivity index (χ2v) is 4.15. The van der Waals surface area contributed by atoms with Gasteiger partial charge in [-0.15, -0.1) is 0 Å².